The molecule has 0 aliphatic rings. The normalized spacial score (nSPS) is 12.8. The van der Waals surface area contributed by atoms with Crippen molar-refractivity contribution in [1.29, 1.82) is 0 Å². The van der Waals surface area contributed by atoms with Crippen molar-refractivity contribution in [1.82, 2.24) is 5.32 Å². The van der Waals surface area contributed by atoms with Crippen molar-refractivity contribution in [2.45, 2.75) is 32.8 Å². The summed E-state index contributed by atoms with van der Waals surface area (Å²) in [6.45, 7) is 5.47. The molecule has 2 nitrogen and oxygen atoms in total. The quantitative estimate of drug-likeness (QED) is 0.726. The molecular formula is C13H20FNO. The lowest BCUT2D eigenvalue weighted by atomic mass is 10.0. The third-order valence-corrected chi connectivity index (χ3v) is 2.57. The number of hydrogen-bond donors (Lipinski definition) is 2. The summed E-state index contributed by atoms with van der Waals surface area (Å²) in [7, 11) is 0. The van der Waals surface area contributed by atoms with Gasteiger partial charge in [0, 0.05) is 6.54 Å². The van der Waals surface area contributed by atoms with Crippen LogP contribution in [0.25, 0.3) is 0 Å². The van der Waals surface area contributed by atoms with E-state index in [-0.39, 0.29) is 5.82 Å². The second-order valence-electron chi connectivity index (χ2n) is 4.13. The van der Waals surface area contributed by atoms with Crippen LogP contribution in [0.2, 0.25) is 0 Å². The minimum Gasteiger partial charge on any atom is -0.391 e. The molecular weight excluding hydrogens is 205 g/mol. The Balaban J connectivity index is 2.48. The van der Waals surface area contributed by atoms with E-state index >= 15 is 0 Å². The van der Waals surface area contributed by atoms with Crippen LogP contribution in [-0.2, 0) is 6.42 Å². The van der Waals surface area contributed by atoms with Gasteiger partial charge in [0.25, 0.3) is 0 Å². The Labute approximate surface area is 96.5 Å². The van der Waals surface area contributed by atoms with Crippen LogP contribution in [0.3, 0.4) is 0 Å². The molecule has 0 aliphatic heterocycles. The van der Waals surface area contributed by atoms with E-state index in [1.54, 1.807) is 6.07 Å². The number of aliphatic hydroxyl groups is 1. The Hall–Kier alpha value is -0.930. The van der Waals surface area contributed by atoms with E-state index in [0.717, 1.165) is 24.1 Å². The first-order valence-corrected chi connectivity index (χ1v) is 5.77. The lowest BCUT2D eigenvalue weighted by Crippen LogP contribution is -2.29. The highest BCUT2D eigenvalue weighted by molar-refractivity contribution is 5.27. The molecule has 0 aromatic heterocycles. The van der Waals surface area contributed by atoms with Crippen LogP contribution in [0.5, 0.6) is 0 Å². The van der Waals surface area contributed by atoms with Gasteiger partial charge in [-0.05, 0) is 49.6 Å². The van der Waals surface area contributed by atoms with Gasteiger partial charge in [0.15, 0.2) is 0 Å². The molecule has 1 atom stereocenters. The maximum absolute atomic E-state index is 13.0. The third kappa shape index (κ3) is 4.29. The molecule has 3 heteroatoms. The van der Waals surface area contributed by atoms with E-state index in [4.69, 9.17) is 0 Å². The highest BCUT2D eigenvalue weighted by Gasteiger charge is 2.07. The minimum atomic E-state index is -0.452. The molecule has 1 aromatic rings. The van der Waals surface area contributed by atoms with Gasteiger partial charge in [0.1, 0.15) is 5.82 Å². The molecule has 0 aliphatic carbocycles. The molecule has 0 bridgehead atoms. The Morgan fingerprint density at radius 3 is 2.88 bits per heavy atom. The van der Waals surface area contributed by atoms with Crippen LogP contribution in [0.1, 0.15) is 24.5 Å². The SMILES string of the molecule is CCCNCC(O)Cc1cc(F)ccc1C. The summed E-state index contributed by atoms with van der Waals surface area (Å²) in [5, 5.41) is 12.9. The van der Waals surface area contributed by atoms with Gasteiger partial charge in [-0.15, -0.1) is 0 Å². The number of aliphatic hydroxyl groups excluding tert-OH is 1. The second-order valence-corrected chi connectivity index (χ2v) is 4.13. The van der Waals surface area contributed by atoms with Crippen molar-refractivity contribution >= 4 is 0 Å². The minimum absolute atomic E-state index is 0.241. The molecule has 16 heavy (non-hydrogen) atoms. The average molecular weight is 225 g/mol. The molecule has 0 saturated carbocycles. The van der Waals surface area contributed by atoms with Crippen molar-refractivity contribution in [3.8, 4) is 0 Å². The fraction of sp³-hybridized carbons (Fsp3) is 0.538. The highest BCUT2D eigenvalue weighted by Crippen LogP contribution is 2.12. The maximum atomic E-state index is 13.0. The van der Waals surface area contributed by atoms with Crippen molar-refractivity contribution in [2.75, 3.05) is 13.1 Å². The maximum Gasteiger partial charge on any atom is 0.123 e. The summed E-state index contributed by atoms with van der Waals surface area (Å²) in [4.78, 5) is 0. The van der Waals surface area contributed by atoms with Crippen molar-refractivity contribution < 1.29 is 9.50 Å². The largest absolute Gasteiger partial charge is 0.391 e. The van der Waals surface area contributed by atoms with Gasteiger partial charge in [-0.3, -0.25) is 0 Å². The Bertz CT molecular complexity index is 328. The number of hydrogen-bond acceptors (Lipinski definition) is 2. The molecule has 0 fully saturated rings. The monoisotopic (exact) mass is 225 g/mol. The van der Waals surface area contributed by atoms with Crippen LogP contribution in [0, 0.1) is 12.7 Å². The van der Waals surface area contributed by atoms with Gasteiger partial charge in [-0.1, -0.05) is 13.0 Å². The van der Waals surface area contributed by atoms with E-state index < -0.39 is 6.10 Å². The molecule has 0 spiro atoms. The predicted octanol–water partition coefficient (Wildman–Crippen LogP) is 2.04. The summed E-state index contributed by atoms with van der Waals surface area (Å²) < 4.78 is 13.0. The molecule has 0 saturated heterocycles. The van der Waals surface area contributed by atoms with Gasteiger partial charge in [-0.25, -0.2) is 4.39 Å². The second kappa shape index (κ2) is 6.61. The lowest BCUT2D eigenvalue weighted by Gasteiger charge is -2.13. The molecule has 90 valence electrons. The Morgan fingerprint density at radius 2 is 2.19 bits per heavy atom. The lowest BCUT2D eigenvalue weighted by molar-refractivity contribution is 0.172. The van der Waals surface area contributed by atoms with Gasteiger partial charge in [0.2, 0.25) is 0 Å². The topological polar surface area (TPSA) is 32.3 Å². The Kier molecular flexibility index (Phi) is 5.43. The fourth-order valence-electron chi connectivity index (χ4n) is 1.63. The van der Waals surface area contributed by atoms with Gasteiger partial charge in [0.05, 0.1) is 6.10 Å². The predicted molar refractivity (Wildman–Crippen MR) is 64.0 cm³/mol. The molecule has 0 radical (unpaired) electrons. The van der Waals surface area contributed by atoms with Crippen LogP contribution >= 0.6 is 0 Å². The van der Waals surface area contributed by atoms with Crippen molar-refractivity contribution in [3.05, 3.63) is 35.1 Å². The molecule has 1 unspecified atom stereocenters. The smallest absolute Gasteiger partial charge is 0.123 e. The van der Waals surface area contributed by atoms with Gasteiger partial charge in [-0.2, -0.15) is 0 Å². The standard InChI is InChI=1S/C13H20FNO/c1-3-6-15-9-13(16)8-11-7-12(14)5-4-10(11)2/h4-5,7,13,15-16H,3,6,8-9H2,1-2H3. The zero-order valence-electron chi connectivity index (χ0n) is 9.96. The van der Waals surface area contributed by atoms with Crippen LogP contribution in [-0.4, -0.2) is 24.3 Å². The Morgan fingerprint density at radius 1 is 1.44 bits per heavy atom. The van der Waals surface area contributed by atoms with E-state index in [1.807, 2.05) is 6.92 Å². The highest BCUT2D eigenvalue weighted by atomic mass is 19.1. The summed E-state index contributed by atoms with van der Waals surface area (Å²) in [5.41, 5.74) is 1.90. The van der Waals surface area contributed by atoms with E-state index in [9.17, 15) is 9.50 Å². The third-order valence-electron chi connectivity index (χ3n) is 2.57. The molecule has 2 N–H and O–H groups in total. The fourth-order valence-corrected chi connectivity index (χ4v) is 1.63. The van der Waals surface area contributed by atoms with Crippen LogP contribution < -0.4 is 5.32 Å². The van der Waals surface area contributed by atoms with E-state index in [2.05, 4.69) is 12.2 Å². The first kappa shape index (κ1) is 13.1. The number of benzene rings is 1. The number of aryl methyl sites for hydroxylation is 1. The molecule has 0 amide bonds. The number of halogens is 1. The van der Waals surface area contributed by atoms with Crippen molar-refractivity contribution in [2.24, 2.45) is 0 Å². The van der Waals surface area contributed by atoms with Crippen LogP contribution in [0.15, 0.2) is 18.2 Å². The first-order valence-electron chi connectivity index (χ1n) is 5.77. The van der Waals surface area contributed by atoms with E-state index in [0.29, 0.717) is 13.0 Å². The summed E-state index contributed by atoms with van der Waals surface area (Å²) in [6, 6.07) is 4.69. The van der Waals surface area contributed by atoms with Crippen molar-refractivity contribution in [3.63, 3.8) is 0 Å². The van der Waals surface area contributed by atoms with Gasteiger partial charge < -0.3 is 10.4 Å². The van der Waals surface area contributed by atoms with E-state index in [1.165, 1.54) is 12.1 Å². The molecule has 0 heterocycles. The molecule has 1 aromatic carbocycles. The number of rotatable bonds is 6. The molecule has 1 rings (SSSR count). The zero-order valence-corrected chi connectivity index (χ0v) is 9.96. The average Bonchev–Trinajstić information content (AvgIpc) is 2.24. The summed E-state index contributed by atoms with van der Waals surface area (Å²) in [5.74, 6) is -0.241. The first-order chi connectivity index (χ1) is 7.63. The summed E-state index contributed by atoms with van der Waals surface area (Å²) in [6.07, 6.45) is 1.10. The van der Waals surface area contributed by atoms with Gasteiger partial charge >= 0.3 is 0 Å². The summed E-state index contributed by atoms with van der Waals surface area (Å²) >= 11 is 0. The number of nitrogens with one attached hydrogen (secondary N) is 1. The zero-order chi connectivity index (χ0) is 12.0. The van der Waals surface area contributed by atoms with Crippen LogP contribution in [0.4, 0.5) is 4.39 Å².